The summed E-state index contributed by atoms with van der Waals surface area (Å²) in [7, 11) is 0. The van der Waals surface area contributed by atoms with E-state index in [2.05, 4.69) is 0 Å². The molecule has 0 spiro atoms. The summed E-state index contributed by atoms with van der Waals surface area (Å²) in [4.78, 5) is 63.5. The number of benzene rings is 2. The highest BCUT2D eigenvalue weighted by atomic mass is 16.4. The lowest BCUT2D eigenvalue weighted by molar-refractivity contribution is 0.0450. The Labute approximate surface area is 200 Å². The third kappa shape index (κ3) is 9.56. The molecule has 0 fully saturated rings. The van der Waals surface area contributed by atoms with Gasteiger partial charge in [0.25, 0.3) is 0 Å². The zero-order chi connectivity index (χ0) is 28.2. The molecule has 0 bridgehead atoms. The highest BCUT2D eigenvalue weighted by molar-refractivity contribution is 6.04. The number of aliphatic hydroxyl groups is 3. The Kier molecular flexibility index (Phi) is 12.5. The molecule has 0 saturated heterocycles. The van der Waals surface area contributed by atoms with E-state index < -0.39 is 64.2 Å². The second kappa shape index (κ2) is 14.4. The third-order valence-electron chi connectivity index (χ3n) is 3.88. The largest absolute Gasteiger partial charge is 0.478 e. The summed E-state index contributed by atoms with van der Waals surface area (Å²) in [6, 6.07) is 5.61. The van der Waals surface area contributed by atoms with E-state index in [1.54, 1.807) is 0 Å². The minimum atomic E-state index is -1.48. The van der Waals surface area contributed by atoms with Gasteiger partial charge in [-0.05, 0) is 36.4 Å². The summed E-state index contributed by atoms with van der Waals surface area (Å²) in [5, 5.41) is 75.8. The Morgan fingerprint density at radius 1 is 0.500 bits per heavy atom. The molecule has 2 rings (SSSR count). The maximum atomic E-state index is 10.6. The summed E-state index contributed by atoms with van der Waals surface area (Å²) in [5.74, 6) is -8.40. The van der Waals surface area contributed by atoms with Crippen molar-refractivity contribution < 1.29 is 74.7 Å². The molecule has 36 heavy (non-hydrogen) atoms. The number of aliphatic hydroxyl groups excluding tert-OH is 3. The van der Waals surface area contributed by atoms with Gasteiger partial charge < -0.3 is 46.0 Å². The fraction of sp³-hybridized carbons (Fsp3) is 0.143. The van der Waals surface area contributed by atoms with Crippen LogP contribution in [0.1, 0.15) is 62.1 Å². The molecule has 0 aliphatic heterocycles. The molecular weight excluding hydrogens is 492 g/mol. The Morgan fingerprint density at radius 2 is 0.778 bits per heavy atom. The van der Waals surface area contributed by atoms with Gasteiger partial charge in [0.05, 0.1) is 46.6 Å². The van der Waals surface area contributed by atoms with Crippen LogP contribution in [0.3, 0.4) is 0 Å². The first kappa shape index (κ1) is 31.1. The molecule has 0 aliphatic carbocycles. The van der Waals surface area contributed by atoms with Gasteiger partial charge in [-0.2, -0.15) is 0 Å². The van der Waals surface area contributed by atoms with Crippen molar-refractivity contribution >= 4 is 35.8 Å². The fourth-order valence-electron chi connectivity index (χ4n) is 2.14. The topological polar surface area (TPSA) is 284 Å². The van der Waals surface area contributed by atoms with Crippen LogP contribution in [-0.2, 0) is 0 Å². The zero-order valence-electron chi connectivity index (χ0n) is 17.9. The molecule has 0 aromatic heterocycles. The van der Waals surface area contributed by atoms with Crippen LogP contribution < -0.4 is 0 Å². The van der Waals surface area contributed by atoms with Crippen molar-refractivity contribution in [2.24, 2.45) is 0 Å². The molecular formula is C21H20O15. The van der Waals surface area contributed by atoms with E-state index in [0.29, 0.717) is 0 Å². The van der Waals surface area contributed by atoms with Crippen molar-refractivity contribution in [1.82, 2.24) is 0 Å². The number of hydrogen-bond donors (Lipinski definition) is 9. The SMILES string of the molecule is O=C(O)c1ccc(C(=O)O)c(C(=O)O)c1.O=C(O)c1ccc(C(=O)O)c(C(=O)O)c1.OCC(O)CO. The highest BCUT2D eigenvalue weighted by Crippen LogP contribution is 2.13. The summed E-state index contributed by atoms with van der Waals surface area (Å²) in [6.07, 6.45) is -0.954. The minimum Gasteiger partial charge on any atom is -0.478 e. The number of carboxylic acid groups (broad SMARTS) is 6. The maximum Gasteiger partial charge on any atom is 0.336 e. The lowest BCUT2D eigenvalue weighted by atomic mass is 10.0. The van der Waals surface area contributed by atoms with Gasteiger partial charge in [0.2, 0.25) is 0 Å². The van der Waals surface area contributed by atoms with Crippen LogP contribution in [0.25, 0.3) is 0 Å². The van der Waals surface area contributed by atoms with Crippen molar-refractivity contribution in [1.29, 1.82) is 0 Å². The van der Waals surface area contributed by atoms with Gasteiger partial charge in [0.1, 0.15) is 6.10 Å². The summed E-state index contributed by atoms with van der Waals surface area (Å²) >= 11 is 0. The van der Waals surface area contributed by atoms with Gasteiger partial charge >= 0.3 is 35.8 Å². The smallest absolute Gasteiger partial charge is 0.336 e. The molecule has 2 aromatic carbocycles. The van der Waals surface area contributed by atoms with E-state index in [-0.39, 0.29) is 24.3 Å². The minimum absolute atomic E-state index is 0.266. The molecule has 0 heterocycles. The molecule has 0 radical (unpaired) electrons. The van der Waals surface area contributed by atoms with E-state index in [0.717, 1.165) is 36.4 Å². The quantitative estimate of drug-likeness (QED) is 0.223. The molecule has 0 aliphatic rings. The molecule has 15 heteroatoms. The van der Waals surface area contributed by atoms with Gasteiger partial charge in [0, 0.05) is 0 Å². The van der Waals surface area contributed by atoms with Gasteiger partial charge in [-0.1, -0.05) is 0 Å². The summed E-state index contributed by atoms with van der Waals surface area (Å²) < 4.78 is 0. The molecule has 194 valence electrons. The molecule has 0 atom stereocenters. The number of carboxylic acids is 6. The first-order valence-electron chi connectivity index (χ1n) is 9.25. The van der Waals surface area contributed by atoms with Crippen molar-refractivity contribution in [3.63, 3.8) is 0 Å². The van der Waals surface area contributed by atoms with Gasteiger partial charge in [-0.15, -0.1) is 0 Å². The first-order valence-corrected chi connectivity index (χ1v) is 9.25. The van der Waals surface area contributed by atoms with Crippen LogP contribution in [0.4, 0.5) is 0 Å². The number of hydrogen-bond acceptors (Lipinski definition) is 9. The summed E-state index contributed by atoms with van der Waals surface area (Å²) in [6.45, 7) is -0.729. The molecule has 0 amide bonds. The second-order valence-electron chi connectivity index (χ2n) is 6.37. The van der Waals surface area contributed by atoms with Crippen LogP contribution in [0.2, 0.25) is 0 Å². The number of carbonyl (C=O) groups is 6. The average molecular weight is 512 g/mol. The monoisotopic (exact) mass is 512 g/mol. The molecule has 9 N–H and O–H groups in total. The fourth-order valence-corrected chi connectivity index (χ4v) is 2.14. The van der Waals surface area contributed by atoms with Crippen LogP contribution in [0, 0.1) is 0 Å². The first-order chi connectivity index (χ1) is 16.7. The Hall–Kier alpha value is -4.86. The number of aromatic carboxylic acids is 6. The van der Waals surface area contributed by atoms with Crippen LogP contribution in [0.15, 0.2) is 36.4 Å². The summed E-state index contributed by atoms with van der Waals surface area (Å²) in [5.41, 5.74) is -2.49. The van der Waals surface area contributed by atoms with E-state index in [9.17, 15) is 28.8 Å². The lowest BCUT2D eigenvalue weighted by Crippen LogP contribution is -2.15. The van der Waals surface area contributed by atoms with Gasteiger partial charge in [-0.25, -0.2) is 28.8 Å². The van der Waals surface area contributed by atoms with Crippen molar-refractivity contribution in [3.8, 4) is 0 Å². The van der Waals surface area contributed by atoms with Gasteiger partial charge in [0.15, 0.2) is 0 Å². The van der Waals surface area contributed by atoms with Crippen LogP contribution in [-0.4, -0.2) is 101 Å². The van der Waals surface area contributed by atoms with Gasteiger partial charge in [-0.3, -0.25) is 0 Å². The molecule has 15 nitrogen and oxygen atoms in total. The third-order valence-corrected chi connectivity index (χ3v) is 3.88. The Morgan fingerprint density at radius 3 is 0.944 bits per heavy atom. The number of rotatable bonds is 8. The predicted octanol–water partition coefficient (Wildman–Crippen LogP) is -0.106. The molecule has 0 saturated carbocycles. The maximum absolute atomic E-state index is 10.6. The second-order valence-corrected chi connectivity index (χ2v) is 6.37. The van der Waals surface area contributed by atoms with Crippen molar-refractivity contribution in [3.05, 3.63) is 69.8 Å². The van der Waals surface area contributed by atoms with E-state index in [4.69, 9.17) is 46.0 Å². The zero-order valence-corrected chi connectivity index (χ0v) is 17.9. The van der Waals surface area contributed by atoms with E-state index >= 15 is 0 Å². The van der Waals surface area contributed by atoms with Crippen LogP contribution >= 0.6 is 0 Å². The Bertz CT molecular complexity index is 1060. The normalized spacial score (nSPS) is 9.67. The lowest BCUT2D eigenvalue weighted by Gasteiger charge is -2.02. The van der Waals surface area contributed by atoms with Crippen molar-refractivity contribution in [2.75, 3.05) is 13.2 Å². The highest BCUT2D eigenvalue weighted by Gasteiger charge is 2.19. The average Bonchev–Trinajstić information content (AvgIpc) is 2.83. The molecule has 2 aromatic rings. The standard InChI is InChI=1S/2C9H6O6.C3H8O3/c2*10-7(11)4-1-2-5(8(12)13)6(3-4)9(14)15;4-1-3(6)2-5/h2*1-3H,(H,10,11)(H,12,13)(H,14,15);3-6H,1-2H2. The Balaban J connectivity index is 0.000000558. The van der Waals surface area contributed by atoms with E-state index in [1.165, 1.54) is 0 Å². The van der Waals surface area contributed by atoms with Crippen molar-refractivity contribution in [2.45, 2.75) is 6.10 Å². The van der Waals surface area contributed by atoms with E-state index in [1.807, 2.05) is 0 Å². The predicted molar refractivity (Wildman–Crippen MR) is 115 cm³/mol. The molecule has 0 unspecified atom stereocenters. The van der Waals surface area contributed by atoms with Crippen LogP contribution in [0.5, 0.6) is 0 Å².